The Hall–Kier alpha value is -5.27. The first-order valence-electron chi connectivity index (χ1n) is 14.3. The van der Waals surface area contributed by atoms with Crippen molar-refractivity contribution in [2.45, 2.75) is 44.2 Å². The zero-order valence-corrected chi connectivity index (χ0v) is 28.5. The standard InChI is InChI=1S/C26H31FN8O11S2.CH2O2/c1-26(2)21(23(38)35(26)46-48(41,42)43)31-22(37)20(18-12-47-25(29)30-18)32-45-19(24(39)40)11-44-15-4-5-16(17(27)6-15)13-8-33(3)34(9-13)10-14(36)7-28;2-1-3/h4-6,8-9,12,14,19,21,36H,7,10-11,28H2,1-3H3,(H4-,29,30,31,37,39,40,41,42,43);1H,(H,2,3)/b32-20-;/t14-,19-,21+;/m0./s1. The van der Waals surface area contributed by atoms with Gasteiger partial charge in [0.2, 0.25) is 16.6 Å². The molecule has 2 amide bonds. The average molecular weight is 761 g/mol. The highest BCUT2D eigenvalue weighted by Crippen LogP contribution is 2.33. The molecular weight excluding hydrogens is 727 g/mol. The zero-order chi connectivity index (χ0) is 38.3. The van der Waals surface area contributed by atoms with E-state index >= 15 is 4.39 Å². The van der Waals surface area contributed by atoms with Gasteiger partial charge in [0.05, 0.1) is 23.4 Å². The number of nitrogen functional groups attached to an aromatic ring is 1. The van der Waals surface area contributed by atoms with Crippen LogP contribution in [0.2, 0.25) is 0 Å². The number of ether oxygens (including phenoxy) is 1. The number of aliphatic carboxylic acids is 1. The number of hydroxylamine groups is 2. The fraction of sp³-hybridized carbons (Fsp3) is 0.370. The van der Waals surface area contributed by atoms with Crippen LogP contribution in [0, 0.1) is 5.82 Å². The number of hydrogen-bond acceptors (Lipinski definition) is 16. The highest BCUT2D eigenvalue weighted by atomic mass is 32.3. The molecule has 1 saturated heterocycles. The van der Waals surface area contributed by atoms with E-state index < -0.39 is 70.1 Å². The predicted octanol–water partition coefficient (Wildman–Crippen LogP) is -2.07. The van der Waals surface area contributed by atoms with E-state index in [9.17, 15) is 37.6 Å². The Kier molecular flexibility index (Phi) is 13.1. The lowest BCUT2D eigenvalue weighted by molar-refractivity contribution is -0.754. The van der Waals surface area contributed by atoms with Gasteiger partial charge in [0.25, 0.3) is 24.4 Å². The summed E-state index contributed by atoms with van der Waals surface area (Å²) in [5.41, 5.74) is 9.55. The van der Waals surface area contributed by atoms with Crippen LogP contribution in [0.1, 0.15) is 19.5 Å². The van der Waals surface area contributed by atoms with Gasteiger partial charge < -0.3 is 46.2 Å². The second-order valence-corrected chi connectivity index (χ2v) is 12.8. The molecule has 3 aromatic rings. The van der Waals surface area contributed by atoms with E-state index in [1.165, 1.54) is 31.4 Å². The lowest BCUT2D eigenvalue weighted by Gasteiger charge is -2.51. The molecule has 3 heterocycles. The molecule has 4 rings (SSSR count). The zero-order valence-electron chi connectivity index (χ0n) is 26.9. The first-order valence-corrected chi connectivity index (χ1v) is 16.5. The van der Waals surface area contributed by atoms with Crippen molar-refractivity contribution in [2.75, 3.05) is 18.9 Å². The molecular formula is C27H33FN8O13S2. The van der Waals surface area contributed by atoms with Gasteiger partial charge in [-0.3, -0.25) is 14.4 Å². The van der Waals surface area contributed by atoms with Gasteiger partial charge in [-0.05, 0) is 26.0 Å². The number of carbonyl (C=O) groups excluding carboxylic acids is 2. The number of anilines is 1. The van der Waals surface area contributed by atoms with E-state index in [0.717, 1.165) is 17.4 Å². The maximum Gasteiger partial charge on any atom is 0.351 e. The van der Waals surface area contributed by atoms with Gasteiger partial charge in [0.15, 0.2) is 17.9 Å². The molecule has 8 N–H and O–H groups in total. The lowest BCUT2D eigenvalue weighted by Crippen LogP contribution is -2.76. The molecule has 1 aliphatic rings. The van der Waals surface area contributed by atoms with Gasteiger partial charge >= 0.3 is 5.97 Å². The molecule has 2 aromatic heterocycles. The van der Waals surface area contributed by atoms with Crippen LogP contribution in [-0.4, -0.2) is 110 Å². The number of nitrogens with one attached hydrogen (secondary N) is 1. The van der Waals surface area contributed by atoms with Crippen molar-refractivity contribution in [3.8, 4) is 16.9 Å². The molecule has 3 atom stereocenters. The summed E-state index contributed by atoms with van der Waals surface area (Å²) in [7, 11) is -3.59. The second-order valence-electron chi connectivity index (χ2n) is 11.0. The number of carboxylic acids is 1. The maximum absolute atomic E-state index is 15.1. The number of amides is 2. The molecule has 51 heavy (non-hydrogen) atoms. The number of carbonyl (C=O) groups is 4. The molecule has 1 aromatic carbocycles. The molecule has 24 heteroatoms. The van der Waals surface area contributed by atoms with E-state index in [1.807, 2.05) is 0 Å². The largest absolute Gasteiger partial charge is 0.724 e. The van der Waals surface area contributed by atoms with Crippen molar-refractivity contribution in [2.24, 2.45) is 17.9 Å². The minimum absolute atomic E-state index is 0.00726. The summed E-state index contributed by atoms with van der Waals surface area (Å²) in [4.78, 5) is 55.0. The third-order valence-electron chi connectivity index (χ3n) is 6.99. The van der Waals surface area contributed by atoms with E-state index in [-0.39, 0.29) is 46.8 Å². The van der Waals surface area contributed by atoms with E-state index in [2.05, 4.69) is 19.7 Å². The van der Waals surface area contributed by atoms with E-state index in [1.54, 1.807) is 28.8 Å². The van der Waals surface area contributed by atoms with Crippen molar-refractivity contribution in [3.05, 3.63) is 47.5 Å². The van der Waals surface area contributed by atoms with Crippen LogP contribution in [-0.2, 0) is 52.3 Å². The topological polar surface area (TPSA) is 315 Å². The normalized spacial score (nSPS) is 16.6. The molecule has 1 aliphatic heterocycles. The number of nitrogens with two attached hydrogens (primary N) is 2. The Morgan fingerprint density at radius 2 is 2.02 bits per heavy atom. The molecule has 0 saturated carbocycles. The fourth-order valence-electron chi connectivity index (χ4n) is 4.44. The number of benzene rings is 1. The van der Waals surface area contributed by atoms with Crippen LogP contribution in [0.5, 0.6) is 5.75 Å². The molecule has 0 aliphatic carbocycles. The number of oxime groups is 1. The number of aliphatic hydroxyl groups is 1. The number of carboxylic acid groups (broad SMARTS) is 2. The first-order chi connectivity index (χ1) is 23.8. The molecule has 21 nitrogen and oxygen atoms in total. The number of rotatable bonds is 15. The number of aromatic nitrogens is 3. The highest BCUT2D eigenvalue weighted by Gasteiger charge is 2.57. The third-order valence-corrected chi connectivity index (χ3v) is 7.99. The van der Waals surface area contributed by atoms with Crippen LogP contribution in [0.15, 0.2) is 41.1 Å². The van der Waals surface area contributed by atoms with Crippen molar-refractivity contribution in [1.82, 2.24) is 20.0 Å². The summed E-state index contributed by atoms with van der Waals surface area (Å²) in [6.07, 6.45) is 0.633. The summed E-state index contributed by atoms with van der Waals surface area (Å²) >= 11 is 0.909. The molecule has 0 radical (unpaired) electrons. The monoisotopic (exact) mass is 760 g/mol. The van der Waals surface area contributed by atoms with Gasteiger partial charge in [-0.25, -0.2) is 22.6 Å². The van der Waals surface area contributed by atoms with Crippen molar-refractivity contribution >= 4 is 56.8 Å². The Balaban J connectivity index is 0.00000226. The summed E-state index contributed by atoms with van der Waals surface area (Å²) in [6, 6.07) is 2.44. The number of nitrogens with zero attached hydrogens (tertiary/aromatic N) is 5. The first kappa shape index (κ1) is 40.2. The lowest BCUT2D eigenvalue weighted by atomic mass is 9.84. The molecule has 1 fully saturated rings. The maximum atomic E-state index is 15.1. The van der Waals surface area contributed by atoms with Gasteiger partial charge in [-0.1, -0.05) is 5.16 Å². The van der Waals surface area contributed by atoms with Crippen LogP contribution in [0.4, 0.5) is 9.52 Å². The Morgan fingerprint density at radius 1 is 1.35 bits per heavy atom. The van der Waals surface area contributed by atoms with Gasteiger partial charge in [0.1, 0.15) is 36.5 Å². The van der Waals surface area contributed by atoms with Crippen molar-refractivity contribution in [3.63, 3.8) is 0 Å². The fourth-order valence-corrected chi connectivity index (χ4v) is 5.44. The average Bonchev–Trinajstić information content (AvgIpc) is 3.64. The number of β-lactam (4-membered cyclic amide) rings is 1. The number of hydrogen-bond donors (Lipinski definition) is 6. The van der Waals surface area contributed by atoms with Crippen LogP contribution in [0.25, 0.3) is 11.1 Å². The Morgan fingerprint density at radius 3 is 2.55 bits per heavy atom. The Bertz CT molecular complexity index is 1900. The molecule has 0 spiro atoms. The third kappa shape index (κ3) is 10.1. The van der Waals surface area contributed by atoms with Crippen LogP contribution < -0.4 is 26.2 Å². The number of thiazole rings is 1. The van der Waals surface area contributed by atoms with Crippen molar-refractivity contribution < 1.29 is 70.4 Å². The summed E-state index contributed by atoms with van der Waals surface area (Å²) in [5, 5.41) is 34.0. The van der Waals surface area contributed by atoms with Gasteiger partial charge in [-0.2, -0.15) is 14.0 Å². The van der Waals surface area contributed by atoms with E-state index in [0.29, 0.717) is 5.56 Å². The van der Waals surface area contributed by atoms with Gasteiger partial charge in [0, 0.05) is 23.6 Å². The van der Waals surface area contributed by atoms with Gasteiger partial charge in [-0.15, -0.1) is 16.0 Å². The van der Waals surface area contributed by atoms with Crippen molar-refractivity contribution in [1.29, 1.82) is 0 Å². The SMILES string of the molecule is C[n+]1cc(-c2ccc(OC[C@H](O/N=C(\C(=O)N[C@@H]3C(=O)N(OS(=O)(=O)[O-])C3(C)C)c3csc(N)n3)C(=O)O)cc2F)cn1C[C@@H](O)CN.O=CO. The number of aliphatic hydroxyl groups excluding tert-OH is 1. The molecule has 0 unspecified atom stereocenters. The van der Waals surface area contributed by atoms with Crippen LogP contribution >= 0.6 is 11.3 Å². The minimum Gasteiger partial charge on any atom is -0.724 e. The minimum atomic E-state index is -5.30. The molecule has 278 valence electrons. The second kappa shape index (κ2) is 16.6. The highest BCUT2D eigenvalue weighted by molar-refractivity contribution is 7.80. The van der Waals surface area contributed by atoms with E-state index in [4.69, 9.17) is 30.9 Å². The number of halogens is 1. The Labute approximate surface area is 292 Å². The van der Waals surface area contributed by atoms with Crippen LogP contribution in [0.3, 0.4) is 0 Å². The summed E-state index contributed by atoms with van der Waals surface area (Å²) in [5.74, 6) is -4.48. The summed E-state index contributed by atoms with van der Waals surface area (Å²) < 4.78 is 60.9. The summed E-state index contributed by atoms with van der Waals surface area (Å²) in [6.45, 7) is 1.89. The predicted molar refractivity (Wildman–Crippen MR) is 169 cm³/mol. The molecule has 0 bridgehead atoms. The number of aryl methyl sites for hydroxylation is 1. The quantitative estimate of drug-likeness (QED) is 0.0184. The smallest absolute Gasteiger partial charge is 0.351 e.